The van der Waals surface area contributed by atoms with Gasteiger partial charge in [-0.05, 0) is 25.0 Å². The summed E-state index contributed by atoms with van der Waals surface area (Å²) >= 11 is 0. The van der Waals surface area contributed by atoms with Gasteiger partial charge in [-0.15, -0.1) is 0 Å². The summed E-state index contributed by atoms with van der Waals surface area (Å²) in [5.74, 6) is 0. The molecule has 1 fully saturated rings. The van der Waals surface area contributed by atoms with E-state index in [4.69, 9.17) is 11.3 Å². The number of hydrogen-bond donors (Lipinski definition) is 0. The average Bonchev–Trinajstić information content (AvgIpc) is 2.43. The molecule has 1 heterocycles. The SMILES string of the molecule is [CH]=C1CC(c2ccccc2)OC1(C)C. The van der Waals surface area contributed by atoms with E-state index in [0.717, 1.165) is 12.0 Å². The molecule has 1 aliphatic heterocycles. The Morgan fingerprint density at radius 2 is 1.93 bits per heavy atom. The van der Waals surface area contributed by atoms with Crippen molar-refractivity contribution in [2.45, 2.75) is 32.0 Å². The van der Waals surface area contributed by atoms with E-state index in [1.807, 2.05) is 32.0 Å². The third kappa shape index (κ3) is 1.60. The molecule has 0 saturated carbocycles. The molecule has 1 aliphatic rings. The Kier molecular flexibility index (Phi) is 2.20. The monoisotopic (exact) mass is 187 g/mol. The van der Waals surface area contributed by atoms with Crippen molar-refractivity contribution in [2.24, 2.45) is 0 Å². The van der Waals surface area contributed by atoms with E-state index in [2.05, 4.69) is 12.1 Å². The molecule has 1 atom stereocenters. The molecule has 73 valence electrons. The number of hydrogen-bond acceptors (Lipinski definition) is 1. The van der Waals surface area contributed by atoms with Crippen molar-refractivity contribution in [3.8, 4) is 0 Å². The second-order valence-electron chi connectivity index (χ2n) is 4.26. The molecular formula is C13H15O. The minimum absolute atomic E-state index is 0.131. The van der Waals surface area contributed by atoms with Crippen molar-refractivity contribution < 1.29 is 4.74 Å². The first-order valence-corrected chi connectivity index (χ1v) is 4.94. The molecule has 0 amide bonds. The Morgan fingerprint density at radius 3 is 2.43 bits per heavy atom. The van der Waals surface area contributed by atoms with Gasteiger partial charge in [-0.3, -0.25) is 0 Å². The number of ether oxygens (including phenoxy) is 1. The Labute approximate surface area is 85.4 Å². The van der Waals surface area contributed by atoms with Gasteiger partial charge in [0, 0.05) is 6.42 Å². The summed E-state index contributed by atoms with van der Waals surface area (Å²) in [6.45, 7) is 9.97. The molecule has 14 heavy (non-hydrogen) atoms. The second kappa shape index (κ2) is 3.25. The third-order valence-electron chi connectivity index (χ3n) is 2.79. The van der Waals surface area contributed by atoms with Gasteiger partial charge in [-0.2, -0.15) is 0 Å². The van der Waals surface area contributed by atoms with Crippen molar-refractivity contribution in [1.29, 1.82) is 0 Å². The third-order valence-corrected chi connectivity index (χ3v) is 2.79. The van der Waals surface area contributed by atoms with E-state index in [1.54, 1.807) is 0 Å². The Hall–Kier alpha value is -1.08. The van der Waals surface area contributed by atoms with Crippen LogP contribution in [0.3, 0.4) is 0 Å². The summed E-state index contributed by atoms with van der Waals surface area (Å²) in [7, 11) is 0. The van der Waals surface area contributed by atoms with Crippen molar-refractivity contribution >= 4 is 0 Å². The molecule has 1 aromatic rings. The number of benzene rings is 1. The van der Waals surface area contributed by atoms with Crippen molar-refractivity contribution in [3.05, 3.63) is 48.0 Å². The molecule has 1 saturated heterocycles. The van der Waals surface area contributed by atoms with Crippen LogP contribution in [0.1, 0.15) is 31.9 Å². The highest BCUT2D eigenvalue weighted by Gasteiger charge is 2.35. The molecule has 1 unspecified atom stereocenters. The first kappa shape index (κ1) is 9.47. The van der Waals surface area contributed by atoms with Gasteiger partial charge in [0.25, 0.3) is 0 Å². The predicted molar refractivity (Wildman–Crippen MR) is 56.8 cm³/mol. The maximum absolute atomic E-state index is 5.93. The van der Waals surface area contributed by atoms with Crippen LogP contribution in [0.15, 0.2) is 35.9 Å². The summed E-state index contributed by atoms with van der Waals surface area (Å²) in [6.07, 6.45) is 0.961. The Morgan fingerprint density at radius 1 is 1.29 bits per heavy atom. The summed E-state index contributed by atoms with van der Waals surface area (Å²) in [5.41, 5.74) is 1.87. The van der Waals surface area contributed by atoms with Gasteiger partial charge in [0.15, 0.2) is 0 Å². The zero-order chi connectivity index (χ0) is 10.2. The molecule has 0 N–H and O–H groups in total. The van der Waals surface area contributed by atoms with Gasteiger partial charge < -0.3 is 4.74 Å². The molecule has 0 aromatic heterocycles. The van der Waals surface area contributed by atoms with Crippen LogP contribution in [0.5, 0.6) is 0 Å². The number of rotatable bonds is 1. The van der Waals surface area contributed by atoms with Crippen LogP contribution in [0.25, 0.3) is 0 Å². The summed E-state index contributed by atoms with van der Waals surface area (Å²) in [6, 6.07) is 10.2. The lowest BCUT2D eigenvalue weighted by atomic mass is 9.97. The molecule has 2 rings (SSSR count). The molecule has 0 aliphatic carbocycles. The van der Waals surface area contributed by atoms with Crippen LogP contribution in [0.4, 0.5) is 0 Å². The van der Waals surface area contributed by atoms with Gasteiger partial charge in [0.2, 0.25) is 0 Å². The molecule has 1 heteroatoms. The molecule has 1 radical (unpaired) electrons. The summed E-state index contributed by atoms with van der Waals surface area (Å²) in [4.78, 5) is 0. The lowest BCUT2D eigenvalue weighted by Gasteiger charge is -2.19. The Bertz CT molecular complexity index is 338. The van der Waals surface area contributed by atoms with Gasteiger partial charge in [0.05, 0.1) is 11.7 Å². The van der Waals surface area contributed by atoms with Crippen LogP contribution >= 0.6 is 0 Å². The van der Waals surface area contributed by atoms with Gasteiger partial charge >= 0.3 is 0 Å². The first-order chi connectivity index (χ1) is 6.59. The lowest BCUT2D eigenvalue weighted by Crippen LogP contribution is -2.19. The standard InChI is InChI=1S/C13H15O/c1-10-9-12(14-13(10,2)3)11-7-5-4-6-8-11/h1,4-8,12H,9H2,2-3H3. The molecule has 1 nitrogen and oxygen atoms in total. The minimum Gasteiger partial charge on any atom is -0.363 e. The van der Waals surface area contributed by atoms with Crippen molar-refractivity contribution in [3.63, 3.8) is 0 Å². The van der Waals surface area contributed by atoms with Crippen molar-refractivity contribution in [2.75, 3.05) is 0 Å². The minimum atomic E-state index is -0.277. The quantitative estimate of drug-likeness (QED) is 0.655. The highest BCUT2D eigenvalue weighted by Crippen LogP contribution is 2.41. The first-order valence-electron chi connectivity index (χ1n) is 4.94. The average molecular weight is 187 g/mol. The van der Waals surface area contributed by atoms with Gasteiger partial charge in [-0.25, -0.2) is 0 Å². The van der Waals surface area contributed by atoms with E-state index < -0.39 is 0 Å². The highest BCUT2D eigenvalue weighted by molar-refractivity contribution is 5.24. The van der Waals surface area contributed by atoms with E-state index in [0.29, 0.717) is 0 Å². The fourth-order valence-electron chi connectivity index (χ4n) is 1.77. The zero-order valence-electron chi connectivity index (χ0n) is 8.66. The zero-order valence-corrected chi connectivity index (χ0v) is 8.66. The summed E-state index contributed by atoms with van der Waals surface area (Å²) in [5, 5.41) is 0. The fraction of sp³-hybridized carbons (Fsp3) is 0.385. The van der Waals surface area contributed by atoms with Crippen LogP contribution in [-0.2, 0) is 4.74 Å². The van der Waals surface area contributed by atoms with E-state index >= 15 is 0 Å². The molecular weight excluding hydrogens is 172 g/mol. The topological polar surface area (TPSA) is 9.23 Å². The second-order valence-corrected chi connectivity index (χ2v) is 4.26. The lowest BCUT2D eigenvalue weighted by molar-refractivity contribution is -0.00435. The van der Waals surface area contributed by atoms with Gasteiger partial charge in [0.1, 0.15) is 0 Å². The maximum Gasteiger partial charge on any atom is 0.0874 e. The molecule has 1 aromatic carbocycles. The molecule has 0 spiro atoms. The summed E-state index contributed by atoms with van der Waals surface area (Å²) < 4.78 is 5.89. The van der Waals surface area contributed by atoms with Gasteiger partial charge in [-0.1, -0.05) is 36.9 Å². The smallest absolute Gasteiger partial charge is 0.0874 e. The fourth-order valence-corrected chi connectivity index (χ4v) is 1.77. The largest absolute Gasteiger partial charge is 0.363 e. The van der Waals surface area contributed by atoms with Crippen LogP contribution in [0, 0.1) is 6.58 Å². The maximum atomic E-state index is 5.93. The van der Waals surface area contributed by atoms with E-state index in [9.17, 15) is 0 Å². The predicted octanol–water partition coefficient (Wildman–Crippen LogP) is 3.29. The molecule has 0 bridgehead atoms. The Balaban J connectivity index is 2.21. The van der Waals surface area contributed by atoms with Crippen molar-refractivity contribution in [1.82, 2.24) is 0 Å². The van der Waals surface area contributed by atoms with E-state index in [1.165, 1.54) is 5.56 Å². The normalized spacial score (nSPS) is 25.3. The van der Waals surface area contributed by atoms with Crippen LogP contribution in [-0.4, -0.2) is 5.60 Å². The highest BCUT2D eigenvalue weighted by atomic mass is 16.5. The van der Waals surface area contributed by atoms with E-state index in [-0.39, 0.29) is 11.7 Å². The van der Waals surface area contributed by atoms with Crippen LogP contribution < -0.4 is 0 Å². The van der Waals surface area contributed by atoms with Crippen LogP contribution in [0.2, 0.25) is 0 Å².